The molecule has 0 fully saturated rings. The largest absolute Gasteiger partial charge is 0.399 e. The Bertz CT molecular complexity index is 617. The number of benzene rings is 1. The highest BCUT2D eigenvalue weighted by molar-refractivity contribution is 7.09. The predicted octanol–water partition coefficient (Wildman–Crippen LogP) is 3.78. The van der Waals surface area contributed by atoms with Gasteiger partial charge in [0.15, 0.2) is 0 Å². The lowest BCUT2D eigenvalue weighted by molar-refractivity contribution is -0.128. The van der Waals surface area contributed by atoms with Gasteiger partial charge in [0.1, 0.15) is 0 Å². The number of anilines is 1. The molecule has 110 valence electrons. The van der Waals surface area contributed by atoms with Crippen LogP contribution in [-0.4, -0.2) is 16.8 Å². The van der Waals surface area contributed by atoms with Crippen molar-refractivity contribution in [2.75, 3.05) is 5.73 Å². The van der Waals surface area contributed by atoms with Crippen LogP contribution in [0.3, 0.4) is 0 Å². The number of carbonyl (C=O) groups excluding carboxylic acids is 1. The van der Waals surface area contributed by atoms with Crippen molar-refractivity contribution in [2.45, 2.75) is 26.4 Å². The van der Waals surface area contributed by atoms with Crippen LogP contribution in [0.25, 0.3) is 6.08 Å². The zero-order chi connectivity index (χ0) is 15.2. The van der Waals surface area contributed by atoms with Gasteiger partial charge in [-0.05, 0) is 49.1 Å². The summed E-state index contributed by atoms with van der Waals surface area (Å²) in [6.45, 7) is 4.70. The molecule has 2 aromatic rings. The number of rotatable bonds is 5. The Morgan fingerprint density at radius 1 is 1.33 bits per heavy atom. The summed E-state index contributed by atoms with van der Waals surface area (Å²) in [6.07, 6.45) is 3.42. The van der Waals surface area contributed by atoms with Crippen molar-refractivity contribution < 1.29 is 4.79 Å². The van der Waals surface area contributed by atoms with Gasteiger partial charge in [0, 0.05) is 22.7 Å². The van der Waals surface area contributed by atoms with Crippen LogP contribution in [-0.2, 0) is 11.3 Å². The van der Waals surface area contributed by atoms with E-state index in [4.69, 9.17) is 5.73 Å². The van der Waals surface area contributed by atoms with Gasteiger partial charge in [-0.25, -0.2) is 0 Å². The van der Waals surface area contributed by atoms with Gasteiger partial charge in [-0.2, -0.15) is 0 Å². The number of carbonyl (C=O) groups is 1. The fraction of sp³-hybridized carbons (Fsp3) is 0.235. The van der Waals surface area contributed by atoms with Crippen molar-refractivity contribution in [3.63, 3.8) is 0 Å². The molecule has 0 spiro atoms. The number of nitrogens with two attached hydrogens (primary N) is 1. The van der Waals surface area contributed by atoms with E-state index < -0.39 is 0 Å². The fourth-order valence-electron chi connectivity index (χ4n) is 2.01. The monoisotopic (exact) mass is 300 g/mol. The van der Waals surface area contributed by atoms with E-state index in [2.05, 4.69) is 6.07 Å². The number of hydrogen-bond donors (Lipinski definition) is 1. The molecule has 2 N–H and O–H groups in total. The zero-order valence-corrected chi connectivity index (χ0v) is 13.1. The topological polar surface area (TPSA) is 46.3 Å². The van der Waals surface area contributed by atoms with E-state index in [0.717, 1.165) is 5.56 Å². The number of thiophene rings is 1. The van der Waals surface area contributed by atoms with E-state index >= 15 is 0 Å². The first kappa shape index (κ1) is 15.3. The molecule has 0 bridgehead atoms. The van der Waals surface area contributed by atoms with E-state index in [1.807, 2.05) is 60.5 Å². The standard InChI is InChI=1S/C17H20N2OS/c1-13(2)19(12-16-7-4-10-21-16)17(20)9-8-14-5-3-6-15(18)11-14/h3-11,13H,12,18H2,1-2H3/b9-8+. The second-order valence-corrected chi connectivity index (χ2v) is 6.17. The molecule has 0 radical (unpaired) electrons. The van der Waals surface area contributed by atoms with Crippen LogP contribution in [0, 0.1) is 0 Å². The third-order valence-electron chi connectivity index (χ3n) is 3.14. The Hall–Kier alpha value is -2.07. The normalized spacial score (nSPS) is 11.2. The molecule has 1 heterocycles. The van der Waals surface area contributed by atoms with Gasteiger partial charge in [-0.3, -0.25) is 4.79 Å². The molecule has 0 aliphatic heterocycles. The summed E-state index contributed by atoms with van der Waals surface area (Å²) < 4.78 is 0. The van der Waals surface area contributed by atoms with Crippen molar-refractivity contribution in [3.05, 3.63) is 58.3 Å². The molecule has 0 aliphatic rings. The van der Waals surface area contributed by atoms with Gasteiger partial charge < -0.3 is 10.6 Å². The van der Waals surface area contributed by atoms with Crippen molar-refractivity contribution in [2.24, 2.45) is 0 Å². The van der Waals surface area contributed by atoms with Crippen LogP contribution < -0.4 is 5.73 Å². The highest BCUT2D eigenvalue weighted by Gasteiger charge is 2.15. The van der Waals surface area contributed by atoms with E-state index in [9.17, 15) is 4.79 Å². The average Bonchev–Trinajstić information content (AvgIpc) is 2.95. The van der Waals surface area contributed by atoms with E-state index in [1.165, 1.54) is 4.88 Å². The summed E-state index contributed by atoms with van der Waals surface area (Å²) in [5.41, 5.74) is 7.37. The minimum Gasteiger partial charge on any atom is -0.399 e. The lowest BCUT2D eigenvalue weighted by Crippen LogP contribution is -2.34. The minimum atomic E-state index is 0.0147. The van der Waals surface area contributed by atoms with Crippen LogP contribution in [0.4, 0.5) is 5.69 Å². The Balaban J connectivity index is 2.08. The summed E-state index contributed by atoms with van der Waals surface area (Å²) in [5.74, 6) is 0.0147. The van der Waals surface area contributed by atoms with E-state index in [1.54, 1.807) is 17.4 Å². The van der Waals surface area contributed by atoms with Crippen LogP contribution >= 0.6 is 11.3 Å². The quantitative estimate of drug-likeness (QED) is 0.674. The molecule has 0 aliphatic carbocycles. The number of nitrogen functional groups attached to an aromatic ring is 1. The van der Waals surface area contributed by atoms with Crippen LogP contribution in [0.15, 0.2) is 47.9 Å². The first-order valence-electron chi connectivity index (χ1n) is 6.93. The Labute approximate surface area is 129 Å². The summed E-state index contributed by atoms with van der Waals surface area (Å²) in [4.78, 5) is 15.4. The van der Waals surface area contributed by atoms with Crippen LogP contribution in [0.1, 0.15) is 24.3 Å². The van der Waals surface area contributed by atoms with Crippen LogP contribution in [0.5, 0.6) is 0 Å². The minimum absolute atomic E-state index is 0.0147. The summed E-state index contributed by atoms with van der Waals surface area (Å²) in [6, 6.07) is 11.7. The fourth-order valence-corrected chi connectivity index (χ4v) is 2.71. The second-order valence-electron chi connectivity index (χ2n) is 5.14. The molecular weight excluding hydrogens is 280 g/mol. The molecule has 1 aromatic heterocycles. The maximum Gasteiger partial charge on any atom is 0.247 e. The molecule has 3 nitrogen and oxygen atoms in total. The second kappa shape index (κ2) is 7.09. The highest BCUT2D eigenvalue weighted by atomic mass is 32.1. The molecule has 4 heteroatoms. The Morgan fingerprint density at radius 3 is 2.76 bits per heavy atom. The van der Waals surface area contributed by atoms with Gasteiger partial charge in [0.25, 0.3) is 0 Å². The Kier molecular flexibility index (Phi) is 5.17. The molecule has 0 unspecified atom stereocenters. The molecule has 1 amide bonds. The van der Waals surface area contributed by atoms with Gasteiger partial charge in [0.2, 0.25) is 5.91 Å². The van der Waals surface area contributed by atoms with Crippen molar-refractivity contribution in [1.82, 2.24) is 4.90 Å². The Morgan fingerprint density at radius 2 is 2.14 bits per heavy atom. The molecule has 0 saturated heterocycles. The zero-order valence-electron chi connectivity index (χ0n) is 12.3. The highest BCUT2D eigenvalue weighted by Crippen LogP contribution is 2.15. The molecule has 0 saturated carbocycles. The van der Waals surface area contributed by atoms with Gasteiger partial charge >= 0.3 is 0 Å². The van der Waals surface area contributed by atoms with Gasteiger partial charge in [-0.15, -0.1) is 11.3 Å². The molecule has 0 atom stereocenters. The van der Waals surface area contributed by atoms with E-state index in [-0.39, 0.29) is 11.9 Å². The van der Waals surface area contributed by atoms with Crippen molar-refractivity contribution in [3.8, 4) is 0 Å². The lowest BCUT2D eigenvalue weighted by atomic mass is 10.2. The maximum atomic E-state index is 12.4. The summed E-state index contributed by atoms with van der Waals surface area (Å²) in [7, 11) is 0. The van der Waals surface area contributed by atoms with Crippen molar-refractivity contribution >= 4 is 29.0 Å². The molecule has 2 rings (SSSR count). The average molecular weight is 300 g/mol. The third-order valence-corrected chi connectivity index (χ3v) is 4.00. The summed E-state index contributed by atoms with van der Waals surface area (Å²) in [5, 5.41) is 2.03. The number of amides is 1. The number of nitrogens with zero attached hydrogens (tertiary/aromatic N) is 1. The van der Waals surface area contributed by atoms with Gasteiger partial charge in [0.05, 0.1) is 6.54 Å². The SMILES string of the molecule is CC(C)N(Cc1cccs1)C(=O)/C=C/c1cccc(N)c1. The lowest BCUT2D eigenvalue weighted by Gasteiger charge is -2.24. The molecule has 21 heavy (non-hydrogen) atoms. The molecule has 1 aromatic carbocycles. The summed E-state index contributed by atoms with van der Waals surface area (Å²) >= 11 is 1.67. The third kappa shape index (κ3) is 4.46. The smallest absolute Gasteiger partial charge is 0.247 e. The first-order chi connectivity index (χ1) is 10.1. The van der Waals surface area contributed by atoms with Crippen molar-refractivity contribution in [1.29, 1.82) is 0 Å². The molecular formula is C17H20N2OS. The van der Waals surface area contributed by atoms with E-state index in [0.29, 0.717) is 12.2 Å². The predicted molar refractivity (Wildman–Crippen MR) is 89.9 cm³/mol. The number of hydrogen-bond acceptors (Lipinski definition) is 3. The maximum absolute atomic E-state index is 12.4. The van der Waals surface area contributed by atoms with Gasteiger partial charge in [-0.1, -0.05) is 18.2 Å². The van der Waals surface area contributed by atoms with Crippen LogP contribution in [0.2, 0.25) is 0 Å². The first-order valence-corrected chi connectivity index (χ1v) is 7.81.